The van der Waals surface area contributed by atoms with Crippen molar-refractivity contribution in [2.24, 2.45) is 0 Å². The molecule has 3 rings (SSSR count). The number of amides is 2. The van der Waals surface area contributed by atoms with Crippen molar-refractivity contribution in [2.75, 3.05) is 19.6 Å². The topological polar surface area (TPSA) is 53.5 Å². The minimum absolute atomic E-state index is 0.0148. The van der Waals surface area contributed by atoms with Gasteiger partial charge in [0, 0.05) is 43.0 Å². The lowest BCUT2D eigenvalue weighted by molar-refractivity contribution is -0.143. The van der Waals surface area contributed by atoms with Crippen molar-refractivity contribution in [1.29, 1.82) is 0 Å². The van der Waals surface area contributed by atoms with E-state index in [1.54, 1.807) is 23.2 Å². The van der Waals surface area contributed by atoms with E-state index in [0.717, 1.165) is 45.3 Å². The molecule has 1 aromatic heterocycles. The van der Waals surface area contributed by atoms with Crippen LogP contribution < -0.4 is 0 Å². The zero-order chi connectivity index (χ0) is 16.6. The van der Waals surface area contributed by atoms with Gasteiger partial charge in [0.15, 0.2) is 0 Å². The lowest BCUT2D eigenvalue weighted by Gasteiger charge is -2.40. The molecule has 0 spiro atoms. The highest BCUT2D eigenvalue weighted by molar-refractivity contribution is 7.11. The highest BCUT2D eigenvalue weighted by Crippen LogP contribution is 2.37. The fourth-order valence-electron chi connectivity index (χ4n) is 3.68. The number of thiazole rings is 1. The van der Waals surface area contributed by atoms with Crippen molar-refractivity contribution in [3.63, 3.8) is 0 Å². The van der Waals surface area contributed by atoms with Crippen LogP contribution in [0.1, 0.15) is 49.4 Å². The van der Waals surface area contributed by atoms with Crippen molar-refractivity contribution in [3.05, 3.63) is 16.1 Å². The van der Waals surface area contributed by atoms with Gasteiger partial charge in [0.2, 0.25) is 11.8 Å². The molecule has 0 radical (unpaired) electrons. The maximum Gasteiger partial charge on any atom is 0.245 e. The second-order valence-corrected chi connectivity index (χ2v) is 8.27. The van der Waals surface area contributed by atoms with E-state index in [1.165, 1.54) is 9.88 Å². The fourth-order valence-corrected chi connectivity index (χ4v) is 4.65. The van der Waals surface area contributed by atoms with Gasteiger partial charge in [0.05, 0.1) is 5.01 Å². The van der Waals surface area contributed by atoms with Crippen LogP contribution in [-0.2, 0) is 15.0 Å². The average molecular weight is 335 g/mol. The number of carbonyl (C=O) groups excluding carboxylic acids is 2. The Kier molecular flexibility index (Phi) is 4.45. The standard InChI is InChI=1S/C17H25N3O2S/c1-12-11-18-16(23-12)17(3)6-9-19(10-7-17)15(22)14-5-4-8-20(14)13(2)21/h11,14H,4-10H2,1-3H3. The molecule has 0 aliphatic carbocycles. The Morgan fingerprint density at radius 2 is 2.00 bits per heavy atom. The van der Waals surface area contributed by atoms with Gasteiger partial charge in [0.25, 0.3) is 0 Å². The van der Waals surface area contributed by atoms with Gasteiger partial charge in [-0.15, -0.1) is 11.3 Å². The summed E-state index contributed by atoms with van der Waals surface area (Å²) in [5.74, 6) is 0.149. The SMILES string of the molecule is CC(=O)N1CCCC1C(=O)N1CCC(C)(c2ncc(C)s2)CC1. The molecule has 3 heterocycles. The predicted octanol–water partition coefficient (Wildman–Crippen LogP) is 2.34. The molecule has 1 unspecified atom stereocenters. The summed E-state index contributed by atoms with van der Waals surface area (Å²) in [6.07, 6.45) is 5.56. The van der Waals surface area contributed by atoms with Crippen LogP contribution in [0.4, 0.5) is 0 Å². The molecule has 23 heavy (non-hydrogen) atoms. The van der Waals surface area contributed by atoms with E-state index in [-0.39, 0.29) is 23.3 Å². The van der Waals surface area contributed by atoms with E-state index in [2.05, 4.69) is 18.8 Å². The number of hydrogen-bond donors (Lipinski definition) is 0. The van der Waals surface area contributed by atoms with Gasteiger partial charge >= 0.3 is 0 Å². The van der Waals surface area contributed by atoms with E-state index in [9.17, 15) is 9.59 Å². The second kappa shape index (κ2) is 6.23. The van der Waals surface area contributed by atoms with Crippen LogP contribution in [0.25, 0.3) is 0 Å². The summed E-state index contributed by atoms with van der Waals surface area (Å²) < 4.78 is 0. The third kappa shape index (κ3) is 3.13. The van der Waals surface area contributed by atoms with Gasteiger partial charge in [-0.1, -0.05) is 6.92 Å². The monoisotopic (exact) mass is 335 g/mol. The highest BCUT2D eigenvalue weighted by Gasteiger charge is 2.40. The number of rotatable bonds is 2. The van der Waals surface area contributed by atoms with E-state index < -0.39 is 0 Å². The molecule has 0 saturated carbocycles. The van der Waals surface area contributed by atoms with Gasteiger partial charge in [0.1, 0.15) is 6.04 Å². The minimum atomic E-state index is -0.237. The van der Waals surface area contributed by atoms with Gasteiger partial charge in [-0.2, -0.15) is 0 Å². The van der Waals surface area contributed by atoms with Crippen LogP contribution in [0, 0.1) is 6.92 Å². The molecule has 1 aromatic rings. The molecule has 0 bridgehead atoms. The summed E-state index contributed by atoms with van der Waals surface area (Å²) in [4.78, 5) is 34.0. The minimum Gasteiger partial charge on any atom is -0.341 e. The number of aromatic nitrogens is 1. The van der Waals surface area contributed by atoms with Crippen LogP contribution in [0.15, 0.2) is 6.20 Å². The van der Waals surface area contributed by atoms with Crippen molar-refractivity contribution in [1.82, 2.24) is 14.8 Å². The lowest BCUT2D eigenvalue weighted by Crippen LogP contribution is -2.51. The Labute approximate surface area is 141 Å². The van der Waals surface area contributed by atoms with Crippen LogP contribution in [0.5, 0.6) is 0 Å². The summed E-state index contributed by atoms with van der Waals surface area (Å²) in [6.45, 7) is 8.13. The Morgan fingerprint density at radius 3 is 2.57 bits per heavy atom. The first kappa shape index (κ1) is 16.4. The van der Waals surface area contributed by atoms with Crippen molar-refractivity contribution < 1.29 is 9.59 Å². The maximum atomic E-state index is 12.8. The van der Waals surface area contributed by atoms with Crippen molar-refractivity contribution >= 4 is 23.2 Å². The molecular formula is C17H25N3O2S. The molecule has 2 saturated heterocycles. The Morgan fingerprint density at radius 1 is 1.30 bits per heavy atom. The summed E-state index contributed by atoms with van der Waals surface area (Å²) >= 11 is 1.76. The third-order valence-corrected chi connectivity index (χ3v) is 6.48. The zero-order valence-corrected chi connectivity index (χ0v) is 15.0. The summed E-state index contributed by atoms with van der Waals surface area (Å²) in [6, 6.07) is -0.237. The van der Waals surface area contributed by atoms with Crippen LogP contribution >= 0.6 is 11.3 Å². The Bertz CT molecular complexity index is 605. The summed E-state index contributed by atoms with van der Waals surface area (Å²) in [7, 11) is 0. The third-order valence-electron chi connectivity index (χ3n) is 5.26. The smallest absolute Gasteiger partial charge is 0.245 e. The summed E-state index contributed by atoms with van der Waals surface area (Å²) in [5, 5.41) is 1.19. The molecule has 0 N–H and O–H groups in total. The first-order valence-electron chi connectivity index (χ1n) is 8.40. The molecule has 2 aliphatic rings. The molecule has 0 aromatic carbocycles. The van der Waals surface area contributed by atoms with E-state index in [0.29, 0.717) is 0 Å². The molecule has 2 amide bonds. The first-order chi connectivity index (χ1) is 10.9. The van der Waals surface area contributed by atoms with Gasteiger partial charge < -0.3 is 9.80 Å². The van der Waals surface area contributed by atoms with Crippen LogP contribution in [-0.4, -0.2) is 52.3 Å². The lowest BCUT2D eigenvalue weighted by atomic mass is 9.81. The average Bonchev–Trinajstić information content (AvgIpc) is 3.16. The zero-order valence-electron chi connectivity index (χ0n) is 14.2. The quantitative estimate of drug-likeness (QED) is 0.833. The first-order valence-corrected chi connectivity index (χ1v) is 9.21. The molecule has 2 aliphatic heterocycles. The molecule has 5 nitrogen and oxygen atoms in total. The maximum absolute atomic E-state index is 12.8. The Hall–Kier alpha value is -1.43. The van der Waals surface area contributed by atoms with Gasteiger partial charge in [-0.25, -0.2) is 4.98 Å². The number of hydrogen-bond acceptors (Lipinski definition) is 4. The number of aryl methyl sites for hydroxylation is 1. The van der Waals surface area contributed by atoms with Crippen LogP contribution in [0.2, 0.25) is 0 Å². The molecule has 2 fully saturated rings. The fraction of sp³-hybridized carbons (Fsp3) is 0.706. The highest BCUT2D eigenvalue weighted by atomic mass is 32.1. The van der Waals surface area contributed by atoms with Gasteiger partial charge in [-0.3, -0.25) is 9.59 Å². The molecule has 1 atom stereocenters. The molecular weight excluding hydrogens is 310 g/mol. The number of nitrogens with zero attached hydrogens (tertiary/aromatic N) is 3. The van der Waals surface area contributed by atoms with E-state index in [1.807, 2.05) is 11.1 Å². The van der Waals surface area contributed by atoms with Crippen LogP contribution in [0.3, 0.4) is 0 Å². The predicted molar refractivity (Wildman–Crippen MR) is 90.4 cm³/mol. The number of piperidine rings is 1. The largest absolute Gasteiger partial charge is 0.341 e. The number of carbonyl (C=O) groups is 2. The van der Waals surface area contributed by atoms with Crippen molar-refractivity contribution in [3.8, 4) is 0 Å². The number of likely N-dealkylation sites (tertiary alicyclic amines) is 2. The van der Waals surface area contributed by atoms with E-state index in [4.69, 9.17) is 0 Å². The van der Waals surface area contributed by atoms with Crippen molar-refractivity contribution in [2.45, 2.75) is 57.9 Å². The Balaban J connectivity index is 1.64. The normalized spacial score (nSPS) is 24.0. The van der Waals surface area contributed by atoms with Gasteiger partial charge in [-0.05, 0) is 32.6 Å². The second-order valence-electron chi connectivity index (χ2n) is 7.03. The summed E-state index contributed by atoms with van der Waals surface area (Å²) in [5.41, 5.74) is 0.0750. The van der Waals surface area contributed by atoms with E-state index >= 15 is 0 Å². The molecule has 126 valence electrons. The molecule has 6 heteroatoms.